The number of amides is 1. The van der Waals surface area contributed by atoms with Gasteiger partial charge in [0.2, 0.25) is 11.7 Å². The van der Waals surface area contributed by atoms with Crippen LogP contribution >= 0.6 is 0 Å². The summed E-state index contributed by atoms with van der Waals surface area (Å²) in [5, 5.41) is 7.32. The van der Waals surface area contributed by atoms with E-state index in [4.69, 9.17) is 14.2 Å². The third-order valence-electron chi connectivity index (χ3n) is 6.44. The molecule has 5 aromatic rings. The standard InChI is InChI=1S/C31H27N5O6/c1-40-26-15-20(16-27(41-2)29(26)42-3)9-14-25(37)21-10-12-22(13-11-21)34-28(38)18-35-19-32-30-24(31(35)39)17-33-36(30)23-7-5-4-6-8-23/h4-17,19H,18H2,1-3H3,(H,34,38)/b14-9+. The first-order chi connectivity index (χ1) is 20.4. The van der Waals surface area contributed by atoms with Gasteiger partial charge in [0.25, 0.3) is 5.56 Å². The van der Waals surface area contributed by atoms with E-state index in [2.05, 4.69) is 15.4 Å². The van der Waals surface area contributed by atoms with Crippen molar-refractivity contribution in [1.29, 1.82) is 0 Å². The van der Waals surface area contributed by atoms with Gasteiger partial charge in [0.05, 0.1) is 33.2 Å². The molecule has 0 aliphatic heterocycles. The molecule has 0 radical (unpaired) electrons. The number of ether oxygens (including phenoxy) is 3. The fraction of sp³-hybridized carbons (Fsp3) is 0.129. The minimum absolute atomic E-state index is 0.233. The number of aromatic nitrogens is 4. The molecule has 0 fully saturated rings. The second kappa shape index (κ2) is 12.2. The number of anilines is 1. The molecule has 2 aromatic heterocycles. The molecule has 0 saturated carbocycles. The summed E-state index contributed by atoms with van der Waals surface area (Å²) in [4.78, 5) is 42.8. The Balaban J connectivity index is 1.24. The van der Waals surface area contributed by atoms with Crippen LogP contribution in [-0.4, -0.2) is 52.4 Å². The van der Waals surface area contributed by atoms with Crippen LogP contribution < -0.4 is 25.1 Å². The minimum atomic E-state index is -0.421. The molecule has 0 saturated heterocycles. The normalized spacial score (nSPS) is 11.0. The molecule has 1 N–H and O–H groups in total. The molecule has 1 amide bonds. The zero-order valence-corrected chi connectivity index (χ0v) is 23.1. The van der Waals surface area contributed by atoms with E-state index in [0.717, 1.165) is 5.69 Å². The van der Waals surface area contributed by atoms with Crippen molar-refractivity contribution in [1.82, 2.24) is 19.3 Å². The summed E-state index contributed by atoms with van der Waals surface area (Å²) in [7, 11) is 4.56. The van der Waals surface area contributed by atoms with Crippen molar-refractivity contribution in [2.45, 2.75) is 6.54 Å². The van der Waals surface area contributed by atoms with Crippen molar-refractivity contribution in [3.63, 3.8) is 0 Å². The maximum Gasteiger partial charge on any atom is 0.264 e. The van der Waals surface area contributed by atoms with Gasteiger partial charge in [0.1, 0.15) is 18.3 Å². The van der Waals surface area contributed by atoms with E-state index in [1.54, 1.807) is 47.2 Å². The monoisotopic (exact) mass is 565 g/mol. The number of nitrogens with one attached hydrogen (secondary N) is 1. The molecule has 2 heterocycles. The first-order valence-electron chi connectivity index (χ1n) is 12.8. The van der Waals surface area contributed by atoms with Crippen molar-refractivity contribution in [2.24, 2.45) is 0 Å². The van der Waals surface area contributed by atoms with Crippen LogP contribution in [0.1, 0.15) is 15.9 Å². The molecule has 0 atom stereocenters. The largest absolute Gasteiger partial charge is 0.493 e. The number of nitrogens with zero attached hydrogens (tertiary/aromatic N) is 4. The van der Waals surface area contributed by atoms with Crippen LogP contribution in [0.5, 0.6) is 17.2 Å². The van der Waals surface area contributed by atoms with Gasteiger partial charge in [-0.25, -0.2) is 9.67 Å². The highest BCUT2D eigenvalue weighted by Gasteiger charge is 2.14. The summed E-state index contributed by atoms with van der Waals surface area (Å²) in [5.41, 5.74) is 2.40. The molecule has 0 aliphatic rings. The Morgan fingerprint density at radius 3 is 2.26 bits per heavy atom. The molecule has 11 nitrogen and oxygen atoms in total. The fourth-order valence-electron chi connectivity index (χ4n) is 4.36. The highest BCUT2D eigenvalue weighted by Crippen LogP contribution is 2.38. The number of hydrogen-bond donors (Lipinski definition) is 1. The number of methoxy groups -OCH3 is 3. The lowest BCUT2D eigenvalue weighted by Crippen LogP contribution is -2.27. The van der Waals surface area contributed by atoms with E-state index in [1.807, 2.05) is 30.3 Å². The van der Waals surface area contributed by atoms with Gasteiger partial charge in [-0.2, -0.15) is 5.10 Å². The highest BCUT2D eigenvalue weighted by atomic mass is 16.5. The van der Waals surface area contributed by atoms with Crippen molar-refractivity contribution in [2.75, 3.05) is 26.6 Å². The predicted octanol–water partition coefficient (Wildman–Crippen LogP) is 4.14. The van der Waals surface area contributed by atoms with Crippen LogP contribution in [-0.2, 0) is 11.3 Å². The smallest absolute Gasteiger partial charge is 0.264 e. The Bertz CT molecular complexity index is 1820. The van der Waals surface area contributed by atoms with E-state index in [-0.39, 0.29) is 17.9 Å². The zero-order chi connectivity index (χ0) is 29.6. The van der Waals surface area contributed by atoms with Gasteiger partial charge >= 0.3 is 0 Å². The topological polar surface area (TPSA) is 127 Å². The highest BCUT2D eigenvalue weighted by molar-refractivity contribution is 6.07. The zero-order valence-electron chi connectivity index (χ0n) is 23.1. The van der Waals surface area contributed by atoms with Crippen LogP contribution in [0.15, 0.2) is 90.1 Å². The second-order valence-electron chi connectivity index (χ2n) is 9.09. The molecule has 0 spiro atoms. The summed E-state index contributed by atoms with van der Waals surface area (Å²) in [6.07, 6.45) is 5.85. The molecule has 212 valence electrons. The lowest BCUT2D eigenvalue weighted by molar-refractivity contribution is -0.116. The SMILES string of the molecule is COc1cc(/C=C/C(=O)c2ccc(NC(=O)Cn3cnc4c(cnn4-c4ccccc4)c3=O)cc2)cc(OC)c1OC. The molecule has 42 heavy (non-hydrogen) atoms. The number of hydrogen-bond acceptors (Lipinski definition) is 8. The Labute approximate surface area is 240 Å². The number of benzene rings is 3. The van der Waals surface area contributed by atoms with Crippen LogP contribution in [0.3, 0.4) is 0 Å². The number of carbonyl (C=O) groups excluding carboxylic acids is 2. The summed E-state index contributed by atoms with van der Waals surface area (Å²) >= 11 is 0. The van der Waals surface area contributed by atoms with Crippen molar-refractivity contribution in [3.8, 4) is 22.9 Å². The maximum atomic E-state index is 13.0. The predicted molar refractivity (Wildman–Crippen MR) is 158 cm³/mol. The van der Waals surface area contributed by atoms with Crippen molar-refractivity contribution >= 4 is 34.5 Å². The Hall–Kier alpha value is -5.71. The number of allylic oxidation sites excluding steroid dienone is 1. The molecule has 0 unspecified atom stereocenters. The molecule has 5 rings (SSSR count). The van der Waals surface area contributed by atoms with E-state index >= 15 is 0 Å². The lowest BCUT2D eigenvalue weighted by atomic mass is 10.1. The lowest BCUT2D eigenvalue weighted by Gasteiger charge is -2.12. The van der Waals surface area contributed by atoms with Gasteiger partial charge in [0, 0.05) is 11.3 Å². The number of fused-ring (bicyclic) bond motifs is 1. The molecular weight excluding hydrogens is 538 g/mol. The van der Waals surface area contributed by atoms with Gasteiger partial charge in [-0.1, -0.05) is 24.3 Å². The van der Waals surface area contributed by atoms with Crippen molar-refractivity contribution in [3.05, 3.63) is 107 Å². The first kappa shape index (κ1) is 27.8. The quantitative estimate of drug-likeness (QED) is 0.198. The molecular formula is C31H27N5O6. The average Bonchev–Trinajstić information content (AvgIpc) is 3.46. The van der Waals surface area contributed by atoms with Gasteiger partial charge < -0.3 is 19.5 Å². The summed E-state index contributed by atoms with van der Waals surface area (Å²) in [5.74, 6) is 0.759. The third kappa shape index (κ3) is 5.75. The maximum absolute atomic E-state index is 13.0. The van der Waals surface area contributed by atoms with Gasteiger partial charge in [-0.15, -0.1) is 0 Å². The minimum Gasteiger partial charge on any atom is -0.493 e. The summed E-state index contributed by atoms with van der Waals surface area (Å²) in [6, 6.07) is 19.3. The van der Waals surface area contributed by atoms with Crippen molar-refractivity contribution < 1.29 is 23.8 Å². The summed E-state index contributed by atoms with van der Waals surface area (Å²) in [6.45, 7) is -0.240. The fourth-order valence-corrected chi connectivity index (χ4v) is 4.36. The molecule has 11 heteroatoms. The molecule has 0 aliphatic carbocycles. The average molecular weight is 566 g/mol. The van der Waals surface area contributed by atoms with Crippen LogP contribution in [0.2, 0.25) is 0 Å². The second-order valence-corrected chi connectivity index (χ2v) is 9.09. The van der Waals surface area contributed by atoms with E-state index < -0.39 is 5.91 Å². The Kier molecular flexibility index (Phi) is 8.10. The van der Waals surface area contributed by atoms with Gasteiger partial charge in [-0.3, -0.25) is 19.0 Å². The first-order valence-corrected chi connectivity index (χ1v) is 12.8. The number of rotatable bonds is 10. The number of para-hydroxylation sites is 1. The number of carbonyl (C=O) groups is 2. The van der Waals surface area contributed by atoms with E-state index in [9.17, 15) is 14.4 Å². The Morgan fingerprint density at radius 1 is 0.929 bits per heavy atom. The number of ketones is 1. The van der Waals surface area contributed by atoms with Gasteiger partial charge in [0.15, 0.2) is 22.9 Å². The van der Waals surface area contributed by atoms with E-state index in [1.165, 1.54) is 44.5 Å². The van der Waals surface area contributed by atoms with Crippen LogP contribution in [0, 0.1) is 0 Å². The van der Waals surface area contributed by atoms with Crippen LogP contribution in [0.25, 0.3) is 22.8 Å². The van der Waals surface area contributed by atoms with Gasteiger partial charge in [-0.05, 0) is 60.2 Å². The van der Waals surface area contributed by atoms with E-state index in [0.29, 0.717) is 45.1 Å². The van der Waals surface area contributed by atoms with Crippen LogP contribution in [0.4, 0.5) is 5.69 Å². The molecule has 3 aromatic carbocycles. The Morgan fingerprint density at radius 2 is 1.62 bits per heavy atom. The third-order valence-corrected chi connectivity index (χ3v) is 6.44. The summed E-state index contributed by atoms with van der Waals surface area (Å²) < 4.78 is 18.8. The molecule has 0 bridgehead atoms.